The molecule has 0 saturated carbocycles. The van der Waals surface area contributed by atoms with Gasteiger partial charge in [-0.2, -0.15) is 0 Å². The summed E-state index contributed by atoms with van der Waals surface area (Å²) in [5.74, 6) is 5.79. The molecule has 0 aliphatic carbocycles. The third-order valence-corrected chi connectivity index (χ3v) is 6.40. The van der Waals surface area contributed by atoms with E-state index >= 15 is 0 Å². The van der Waals surface area contributed by atoms with Crippen LogP contribution in [0.1, 0.15) is 25.0 Å². The molecule has 2 aromatic carbocycles. The first kappa shape index (κ1) is 21.5. The van der Waals surface area contributed by atoms with Gasteiger partial charge in [0.25, 0.3) is 0 Å². The van der Waals surface area contributed by atoms with Crippen molar-refractivity contribution in [3.63, 3.8) is 0 Å². The number of nitrogens with zero attached hydrogens (tertiary/aromatic N) is 1. The maximum atomic E-state index is 12.1. The van der Waals surface area contributed by atoms with E-state index in [2.05, 4.69) is 17.2 Å². The van der Waals surface area contributed by atoms with Crippen molar-refractivity contribution in [2.75, 3.05) is 25.5 Å². The molecule has 2 aromatic rings. The van der Waals surface area contributed by atoms with E-state index in [0.29, 0.717) is 0 Å². The lowest BCUT2D eigenvalue weighted by atomic mass is 10.1. The number of hydrogen-bond acceptors (Lipinski definition) is 4. The monoisotopic (exact) mass is 398 g/mol. The van der Waals surface area contributed by atoms with Crippen molar-refractivity contribution in [2.24, 2.45) is 0 Å². The summed E-state index contributed by atoms with van der Waals surface area (Å²) in [5, 5.41) is 2.28. The van der Waals surface area contributed by atoms with E-state index in [0.717, 1.165) is 16.8 Å². The van der Waals surface area contributed by atoms with Gasteiger partial charge in [-0.15, -0.1) is 0 Å². The van der Waals surface area contributed by atoms with E-state index < -0.39 is 15.1 Å². The van der Waals surface area contributed by atoms with Gasteiger partial charge in [-0.05, 0) is 55.8 Å². The topological polar surface area (TPSA) is 66.5 Å². The summed E-state index contributed by atoms with van der Waals surface area (Å²) >= 11 is 0. The van der Waals surface area contributed by atoms with E-state index in [1.165, 1.54) is 0 Å². The zero-order valence-electron chi connectivity index (χ0n) is 16.7. The Balaban J connectivity index is 1.86. The Bertz CT molecular complexity index is 965. The number of anilines is 1. The largest absolute Gasteiger partial charge is 0.378 e. The highest BCUT2D eigenvalue weighted by Crippen LogP contribution is 2.16. The molecule has 1 amide bonds. The zero-order chi connectivity index (χ0) is 20.7. The van der Waals surface area contributed by atoms with Gasteiger partial charge < -0.3 is 10.2 Å². The van der Waals surface area contributed by atoms with Crippen molar-refractivity contribution >= 4 is 21.4 Å². The minimum Gasteiger partial charge on any atom is -0.378 e. The molecule has 28 heavy (non-hydrogen) atoms. The molecular weight excluding hydrogens is 372 g/mol. The van der Waals surface area contributed by atoms with Crippen LogP contribution in [0.5, 0.6) is 0 Å². The molecule has 0 atom stereocenters. The number of carbonyl (C=O) groups is 1. The Labute approximate surface area is 167 Å². The van der Waals surface area contributed by atoms with Crippen LogP contribution in [-0.4, -0.2) is 40.2 Å². The van der Waals surface area contributed by atoms with Gasteiger partial charge in [0.15, 0.2) is 9.84 Å². The first-order valence-corrected chi connectivity index (χ1v) is 10.6. The summed E-state index contributed by atoms with van der Waals surface area (Å²) in [6.45, 7) is 3.55. The van der Waals surface area contributed by atoms with Gasteiger partial charge >= 0.3 is 0 Å². The zero-order valence-corrected chi connectivity index (χ0v) is 17.5. The van der Waals surface area contributed by atoms with Crippen molar-refractivity contribution in [2.45, 2.75) is 30.4 Å². The number of amides is 1. The SMILES string of the molecule is CC(C)S(=O)(=O)c1ccc(CC(=O)NCC#Cc2ccc(N(C)C)cc2)cc1. The number of benzene rings is 2. The molecule has 0 bridgehead atoms. The predicted molar refractivity (Wildman–Crippen MR) is 113 cm³/mol. The van der Waals surface area contributed by atoms with Crippen molar-refractivity contribution in [3.05, 3.63) is 59.7 Å². The molecule has 0 saturated heterocycles. The highest BCUT2D eigenvalue weighted by molar-refractivity contribution is 7.92. The second kappa shape index (κ2) is 9.43. The third-order valence-electron chi connectivity index (χ3n) is 4.23. The van der Waals surface area contributed by atoms with Crippen LogP contribution < -0.4 is 10.2 Å². The van der Waals surface area contributed by atoms with E-state index in [-0.39, 0.29) is 23.8 Å². The maximum Gasteiger partial charge on any atom is 0.225 e. The van der Waals surface area contributed by atoms with Gasteiger partial charge in [-0.3, -0.25) is 4.79 Å². The molecule has 0 spiro atoms. The van der Waals surface area contributed by atoms with Crippen LogP contribution in [-0.2, 0) is 21.1 Å². The van der Waals surface area contributed by atoms with Crippen LogP contribution in [0, 0.1) is 11.8 Å². The Morgan fingerprint density at radius 1 is 1.04 bits per heavy atom. The average Bonchev–Trinajstić information content (AvgIpc) is 2.66. The first-order valence-electron chi connectivity index (χ1n) is 9.06. The van der Waals surface area contributed by atoms with Gasteiger partial charge in [-0.1, -0.05) is 24.0 Å². The fraction of sp³-hybridized carbons (Fsp3) is 0.318. The first-order chi connectivity index (χ1) is 13.2. The van der Waals surface area contributed by atoms with Crippen LogP contribution in [0.25, 0.3) is 0 Å². The molecule has 1 N–H and O–H groups in total. The number of sulfone groups is 1. The molecule has 0 aliphatic rings. The van der Waals surface area contributed by atoms with Gasteiger partial charge in [0.1, 0.15) is 0 Å². The van der Waals surface area contributed by atoms with E-state index in [1.807, 2.05) is 43.3 Å². The summed E-state index contributed by atoms with van der Waals surface area (Å²) in [6.07, 6.45) is 0.182. The number of hydrogen-bond donors (Lipinski definition) is 1. The van der Waals surface area contributed by atoms with Crippen molar-refractivity contribution in [1.82, 2.24) is 5.32 Å². The molecule has 0 radical (unpaired) electrons. The molecular formula is C22H26N2O3S. The Morgan fingerprint density at radius 2 is 1.64 bits per heavy atom. The minimum absolute atomic E-state index is 0.156. The summed E-state index contributed by atoms with van der Waals surface area (Å²) in [5.41, 5.74) is 2.75. The third kappa shape index (κ3) is 5.86. The van der Waals surface area contributed by atoms with Crippen LogP contribution in [0.2, 0.25) is 0 Å². The second-order valence-corrected chi connectivity index (χ2v) is 9.44. The van der Waals surface area contributed by atoms with Gasteiger partial charge in [-0.25, -0.2) is 8.42 Å². The number of nitrogens with one attached hydrogen (secondary N) is 1. The number of rotatable bonds is 6. The van der Waals surface area contributed by atoms with E-state index in [1.54, 1.807) is 38.1 Å². The second-order valence-electron chi connectivity index (χ2n) is 6.93. The molecule has 5 nitrogen and oxygen atoms in total. The van der Waals surface area contributed by atoms with Gasteiger partial charge in [0.2, 0.25) is 5.91 Å². The fourth-order valence-electron chi connectivity index (χ4n) is 2.45. The number of carbonyl (C=O) groups excluding carboxylic acids is 1. The Morgan fingerprint density at radius 3 is 2.18 bits per heavy atom. The lowest BCUT2D eigenvalue weighted by Crippen LogP contribution is -2.25. The molecule has 0 unspecified atom stereocenters. The molecule has 2 rings (SSSR count). The molecule has 0 fully saturated rings. The van der Waals surface area contributed by atoms with Crippen molar-refractivity contribution in [3.8, 4) is 11.8 Å². The van der Waals surface area contributed by atoms with Crippen molar-refractivity contribution in [1.29, 1.82) is 0 Å². The molecule has 0 aromatic heterocycles. The van der Waals surface area contributed by atoms with Crippen LogP contribution in [0.3, 0.4) is 0 Å². The molecule has 6 heteroatoms. The summed E-state index contributed by atoms with van der Waals surface area (Å²) in [4.78, 5) is 14.3. The fourth-order valence-corrected chi connectivity index (χ4v) is 3.51. The molecule has 0 aliphatic heterocycles. The Hall–Kier alpha value is -2.78. The lowest BCUT2D eigenvalue weighted by Gasteiger charge is -2.11. The molecule has 148 valence electrons. The maximum absolute atomic E-state index is 12.1. The van der Waals surface area contributed by atoms with E-state index in [4.69, 9.17) is 0 Å². The van der Waals surface area contributed by atoms with Crippen molar-refractivity contribution < 1.29 is 13.2 Å². The predicted octanol–water partition coefficient (Wildman–Crippen LogP) is 2.65. The summed E-state index contributed by atoms with van der Waals surface area (Å²) in [6, 6.07) is 14.3. The normalized spacial score (nSPS) is 10.9. The highest BCUT2D eigenvalue weighted by Gasteiger charge is 2.18. The van der Waals surface area contributed by atoms with Gasteiger partial charge in [0.05, 0.1) is 23.1 Å². The Kier molecular flexibility index (Phi) is 7.24. The van der Waals surface area contributed by atoms with Crippen LogP contribution >= 0.6 is 0 Å². The van der Waals surface area contributed by atoms with Crippen LogP contribution in [0.4, 0.5) is 5.69 Å². The van der Waals surface area contributed by atoms with Gasteiger partial charge in [0, 0.05) is 25.3 Å². The quantitative estimate of drug-likeness (QED) is 0.760. The summed E-state index contributed by atoms with van der Waals surface area (Å²) < 4.78 is 24.2. The molecule has 0 heterocycles. The summed E-state index contributed by atoms with van der Waals surface area (Å²) in [7, 11) is 0.663. The minimum atomic E-state index is -3.30. The standard InChI is InChI=1S/C22H26N2O3S/c1-17(2)28(26,27)21-13-9-19(10-14-21)16-22(25)23-15-5-6-18-7-11-20(12-8-18)24(3)4/h7-14,17H,15-16H2,1-4H3,(H,23,25). The smallest absolute Gasteiger partial charge is 0.225 e. The van der Waals surface area contributed by atoms with E-state index in [9.17, 15) is 13.2 Å². The lowest BCUT2D eigenvalue weighted by molar-refractivity contribution is -0.120. The highest BCUT2D eigenvalue weighted by atomic mass is 32.2. The average molecular weight is 399 g/mol. The van der Waals surface area contributed by atoms with Crippen LogP contribution in [0.15, 0.2) is 53.4 Å².